The predicted molar refractivity (Wildman–Crippen MR) is 76.0 cm³/mol. The minimum absolute atomic E-state index is 0.106. The predicted octanol–water partition coefficient (Wildman–Crippen LogP) is 1.38. The van der Waals surface area contributed by atoms with Crippen LogP contribution < -0.4 is 10.6 Å². The lowest BCUT2D eigenvalue weighted by molar-refractivity contribution is -0.123. The molecule has 20 heavy (non-hydrogen) atoms. The average molecular weight is 294 g/mol. The van der Waals surface area contributed by atoms with Gasteiger partial charge in [0.25, 0.3) is 0 Å². The lowest BCUT2D eigenvalue weighted by atomic mass is 10.2. The first kappa shape index (κ1) is 13.5. The fraction of sp³-hybridized carbons (Fsp3) is 0.357. The van der Waals surface area contributed by atoms with Crippen molar-refractivity contribution >= 4 is 27.3 Å². The number of hydrogen-bond acceptors (Lipinski definition) is 4. The van der Waals surface area contributed by atoms with Crippen LogP contribution in [0.5, 0.6) is 0 Å². The molecule has 1 aliphatic heterocycles. The van der Waals surface area contributed by atoms with Gasteiger partial charge in [0.05, 0.1) is 18.7 Å². The highest BCUT2D eigenvalue weighted by Crippen LogP contribution is 2.26. The SMILES string of the molecule is O=C(NCc1cc2cc(F)ccc2s1)[C@H]1C[C@H](O)CN1. The molecule has 1 amide bonds. The highest BCUT2D eigenvalue weighted by Gasteiger charge is 2.27. The molecule has 0 saturated carbocycles. The Morgan fingerprint density at radius 1 is 1.50 bits per heavy atom. The zero-order valence-corrected chi connectivity index (χ0v) is 11.5. The number of carbonyl (C=O) groups excluding carboxylic acids is 1. The Balaban J connectivity index is 1.63. The number of halogens is 1. The number of hydrogen-bond donors (Lipinski definition) is 3. The molecule has 106 valence electrons. The van der Waals surface area contributed by atoms with Crippen LogP contribution in [0.25, 0.3) is 10.1 Å². The van der Waals surface area contributed by atoms with Gasteiger partial charge in [-0.25, -0.2) is 4.39 Å². The van der Waals surface area contributed by atoms with E-state index in [2.05, 4.69) is 10.6 Å². The van der Waals surface area contributed by atoms with E-state index < -0.39 is 6.10 Å². The van der Waals surface area contributed by atoms with Crippen molar-refractivity contribution in [2.75, 3.05) is 6.54 Å². The first-order chi connectivity index (χ1) is 9.61. The molecule has 0 radical (unpaired) electrons. The van der Waals surface area contributed by atoms with E-state index in [0.29, 0.717) is 19.5 Å². The second-order valence-electron chi connectivity index (χ2n) is 4.96. The summed E-state index contributed by atoms with van der Waals surface area (Å²) in [4.78, 5) is 12.9. The number of benzene rings is 1. The minimum atomic E-state index is -0.446. The van der Waals surface area contributed by atoms with E-state index in [9.17, 15) is 14.3 Å². The van der Waals surface area contributed by atoms with Gasteiger partial charge in [-0.1, -0.05) is 0 Å². The van der Waals surface area contributed by atoms with Gasteiger partial charge in [-0.15, -0.1) is 11.3 Å². The summed E-state index contributed by atoms with van der Waals surface area (Å²) in [5.74, 6) is -0.361. The molecular formula is C14H15FN2O2S. The molecule has 1 aliphatic rings. The molecule has 3 rings (SSSR count). The van der Waals surface area contributed by atoms with Crippen LogP contribution in [0.1, 0.15) is 11.3 Å². The summed E-state index contributed by atoms with van der Waals surface area (Å²) in [5.41, 5.74) is 0. The average Bonchev–Trinajstić information content (AvgIpc) is 3.01. The summed E-state index contributed by atoms with van der Waals surface area (Å²) in [6.45, 7) is 0.883. The molecule has 2 atom stereocenters. The van der Waals surface area contributed by atoms with Crippen LogP contribution in [0.15, 0.2) is 24.3 Å². The lowest BCUT2D eigenvalue weighted by Gasteiger charge is -2.09. The monoisotopic (exact) mass is 294 g/mol. The van der Waals surface area contributed by atoms with Crippen molar-refractivity contribution in [2.24, 2.45) is 0 Å². The van der Waals surface area contributed by atoms with Crippen molar-refractivity contribution in [1.82, 2.24) is 10.6 Å². The maximum Gasteiger partial charge on any atom is 0.237 e. The molecule has 1 saturated heterocycles. The molecule has 0 aliphatic carbocycles. The summed E-state index contributed by atoms with van der Waals surface area (Å²) in [7, 11) is 0. The molecule has 1 aromatic heterocycles. The Bertz CT molecular complexity index is 643. The topological polar surface area (TPSA) is 61.4 Å². The van der Waals surface area contributed by atoms with E-state index in [0.717, 1.165) is 15.0 Å². The first-order valence-electron chi connectivity index (χ1n) is 6.49. The van der Waals surface area contributed by atoms with Crippen LogP contribution in [0.4, 0.5) is 4.39 Å². The van der Waals surface area contributed by atoms with Gasteiger partial charge < -0.3 is 15.7 Å². The second kappa shape index (κ2) is 5.47. The van der Waals surface area contributed by atoms with Gasteiger partial charge in [-0.2, -0.15) is 0 Å². The maximum absolute atomic E-state index is 13.1. The third-order valence-electron chi connectivity index (χ3n) is 3.39. The fourth-order valence-corrected chi connectivity index (χ4v) is 3.36. The fourth-order valence-electron chi connectivity index (χ4n) is 2.37. The van der Waals surface area contributed by atoms with Crippen LogP contribution in [0.2, 0.25) is 0 Å². The highest BCUT2D eigenvalue weighted by molar-refractivity contribution is 7.19. The smallest absolute Gasteiger partial charge is 0.237 e. The van der Waals surface area contributed by atoms with E-state index in [1.807, 2.05) is 6.07 Å². The van der Waals surface area contributed by atoms with Crippen LogP contribution in [-0.4, -0.2) is 29.7 Å². The number of nitrogens with one attached hydrogen (secondary N) is 2. The third-order valence-corrected chi connectivity index (χ3v) is 4.51. The Morgan fingerprint density at radius 3 is 3.10 bits per heavy atom. The van der Waals surface area contributed by atoms with E-state index in [1.54, 1.807) is 6.07 Å². The van der Waals surface area contributed by atoms with Gasteiger partial charge in [0, 0.05) is 16.1 Å². The summed E-state index contributed by atoms with van der Waals surface area (Å²) in [5, 5.41) is 16.0. The van der Waals surface area contributed by atoms with Crippen molar-refractivity contribution in [3.63, 3.8) is 0 Å². The Hall–Kier alpha value is -1.50. The first-order valence-corrected chi connectivity index (χ1v) is 7.30. The number of aliphatic hydroxyl groups is 1. The summed E-state index contributed by atoms with van der Waals surface area (Å²) >= 11 is 1.54. The zero-order valence-electron chi connectivity index (χ0n) is 10.7. The summed E-state index contributed by atoms with van der Waals surface area (Å²) in [6, 6.07) is 6.24. The van der Waals surface area contributed by atoms with Crippen molar-refractivity contribution in [2.45, 2.75) is 25.1 Å². The molecule has 3 N–H and O–H groups in total. The van der Waals surface area contributed by atoms with Crippen molar-refractivity contribution in [3.8, 4) is 0 Å². The zero-order chi connectivity index (χ0) is 14.1. The van der Waals surface area contributed by atoms with E-state index in [-0.39, 0.29) is 17.8 Å². The van der Waals surface area contributed by atoms with Gasteiger partial charge in [0.2, 0.25) is 5.91 Å². The minimum Gasteiger partial charge on any atom is -0.392 e. The molecule has 1 fully saturated rings. The molecule has 1 aromatic carbocycles. The van der Waals surface area contributed by atoms with Gasteiger partial charge in [-0.3, -0.25) is 4.79 Å². The quantitative estimate of drug-likeness (QED) is 0.801. The van der Waals surface area contributed by atoms with E-state index in [4.69, 9.17) is 0 Å². The molecule has 0 unspecified atom stereocenters. The van der Waals surface area contributed by atoms with Crippen LogP contribution in [0.3, 0.4) is 0 Å². The number of rotatable bonds is 3. The Labute approximate surface area is 119 Å². The third kappa shape index (κ3) is 2.82. The molecule has 2 aromatic rings. The molecule has 6 heteroatoms. The number of thiophene rings is 1. The highest BCUT2D eigenvalue weighted by atomic mass is 32.1. The molecule has 0 bridgehead atoms. The molecule has 4 nitrogen and oxygen atoms in total. The molecule has 0 spiro atoms. The van der Waals surface area contributed by atoms with Crippen LogP contribution in [0, 0.1) is 5.82 Å². The second-order valence-corrected chi connectivity index (χ2v) is 6.13. The van der Waals surface area contributed by atoms with Crippen LogP contribution >= 0.6 is 11.3 Å². The van der Waals surface area contributed by atoms with Crippen molar-refractivity contribution in [1.29, 1.82) is 0 Å². The molecule has 2 heterocycles. The Morgan fingerprint density at radius 2 is 2.35 bits per heavy atom. The van der Waals surface area contributed by atoms with Crippen molar-refractivity contribution in [3.05, 3.63) is 35.0 Å². The van der Waals surface area contributed by atoms with Gasteiger partial charge in [-0.05, 0) is 36.1 Å². The van der Waals surface area contributed by atoms with Crippen LogP contribution in [-0.2, 0) is 11.3 Å². The number of aliphatic hydroxyl groups excluding tert-OH is 1. The standard InChI is InChI=1S/C14H15FN2O2S/c15-9-1-2-13-8(3-9)4-11(20-13)7-17-14(19)12-5-10(18)6-16-12/h1-4,10,12,16,18H,5-7H2,(H,17,19)/t10-,12+/m0/s1. The number of amides is 1. The van der Waals surface area contributed by atoms with Gasteiger partial charge >= 0.3 is 0 Å². The normalized spacial score (nSPS) is 22.3. The van der Waals surface area contributed by atoms with E-state index in [1.165, 1.54) is 23.5 Å². The van der Waals surface area contributed by atoms with E-state index >= 15 is 0 Å². The van der Waals surface area contributed by atoms with Crippen molar-refractivity contribution < 1.29 is 14.3 Å². The van der Waals surface area contributed by atoms with Gasteiger partial charge in [0.15, 0.2) is 0 Å². The summed E-state index contributed by atoms with van der Waals surface area (Å²) in [6.07, 6.45) is 0.00163. The summed E-state index contributed by atoms with van der Waals surface area (Å²) < 4.78 is 14.1. The number of carbonyl (C=O) groups is 1. The Kier molecular flexibility index (Phi) is 3.69. The maximum atomic E-state index is 13.1. The molecular weight excluding hydrogens is 279 g/mol. The number of fused-ring (bicyclic) bond motifs is 1. The van der Waals surface area contributed by atoms with Gasteiger partial charge in [0.1, 0.15) is 5.82 Å². The largest absolute Gasteiger partial charge is 0.392 e. The lowest BCUT2D eigenvalue weighted by Crippen LogP contribution is -2.39. The number of β-amino-alcohol motifs (C(OH)–C–C–N with tert-alkyl or cyclic N) is 1.